The lowest BCUT2D eigenvalue weighted by atomic mass is 10.4. The van der Waals surface area contributed by atoms with Crippen LogP contribution in [0.2, 0.25) is 0 Å². The molecule has 0 amide bonds. The zero-order chi connectivity index (χ0) is 10.6. The standard InChI is InChI=1S/C7H9N5S2/c8-6(13)11-4-2-1-3-5(10-4)12-7(9)14/h1-3H,(H6,8,9,10,11,12,13,14). The fourth-order valence-corrected chi connectivity index (χ4v) is 1.04. The van der Waals surface area contributed by atoms with Gasteiger partial charge in [0, 0.05) is 0 Å². The first-order valence-corrected chi connectivity index (χ1v) is 4.49. The average molecular weight is 227 g/mol. The maximum absolute atomic E-state index is 5.29. The Morgan fingerprint density at radius 1 is 1.07 bits per heavy atom. The second kappa shape index (κ2) is 4.68. The molecule has 0 aromatic carbocycles. The molecule has 0 aliphatic carbocycles. The smallest absolute Gasteiger partial charge is 0.169 e. The van der Waals surface area contributed by atoms with Crippen LogP contribution in [0.15, 0.2) is 18.2 Å². The fraction of sp³-hybridized carbons (Fsp3) is 0. The highest BCUT2D eigenvalue weighted by Crippen LogP contribution is 2.08. The minimum Gasteiger partial charge on any atom is -0.376 e. The highest BCUT2D eigenvalue weighted by molar-refractivity contribution is 7.80. The third kappa shape index (κ3) is 3.50. The van der Waals surface area contributed by atoms with Crippen molar-refractivity contribution in [1.29, 1.82) is 0 Å². The van der Waals surface area contributed by atoms with E-state index in [1.165, 1.54) is 0 Å². The van der Waals surface area contributed by atoms with Gasteiger partial charge in [-0.2, -0.15) is 0 Å². The van der Waals surface area contributed by atoms with Crippen LogP contribution in [0.5, 0.6) is 0 Å². The Bertz CT molecular complexity index is 334. The van der Waals surface area contributed by atoms with Crippen LogP contribution in [-0.4, -0.2) is 15.2 Å². The van der Waals surface area contributed by atoms with Crippen molar-refractivity contribution in [3.8, 4) is 0 Å². The lowest BCUT2D eigenvalue weighted by Gasteiger charge is -2.06. The molecule has 1 heterocycles. The molecule has 0 saturated carbocycles. The van der Waals surface area contributed by atoms with E-state index >= 15 is 0 Å². The lowest BCUT2D eigenvalue weighted by molar-refractivity contribution is 1.31. The Morgan fingerprint density at radius 3 is 1.86 bits per heavy atom. The molecular weight excluding hydrogens is 218 g/mol. The minimum atomic E-state index is 0.157. The molecule has 14 heavy (non-hydrogen) atoms. The summed E-state index contributed by atoms with van der Waals surface area (Å²) in [5.74, 6) is 1.08. The summed E-state index contributed by atoms with van der Waals surface area (Å²) in [6.45, 7) is 0. The van der Waals surface area contributed by atoms with E-state index in [1.807, 2.05) is 0 Å². The summed E-state index contributed by atoms with van der Waals surface area (Å²) >= 11 is 9.33. The van der Waals surface area contributed by atoms with E-state index in [0.717, 1.165) is 0 Å². The summed E-state index contributed by atoms with van der Waals surface area (Å²) in [7, 11) is 0. The van der Waals surface area contributed by atoms with E-state index in [1.54, 1.807) is 18.2 Å². The molecule has 6 N–H and O–H groups in total. The molecule has 1 aromatic heterocycles. The molecule has 0 atom stereocenters. The van der Waals surface area contributed by atoms with Crippen LogP contribution in [0.3, 0.4) is 0 Å². The molecule has 0 bridgehead atoms. The number of hydrogen-bond donors (Lipinski definition) is 4. The monoisotopic (exact) mass is 227 g/mol. The van der Waals surface area contributed by atoms with Crippen LogP contribution in [0.25, 0.3) is 0 Å². The number of hydrogen-bond acceptors (Lipinski definition) is 3. The van der Waals surface area contributed by atoms with Gasteiger partial charge in [-0.05, 0) is 36.6 Å². The van der Waals surface area contributed by atoms with Crippen molar-refractivity contribution in [2.75, 3.05) is 10.6 Å². The summed E-state index contributed by atoms with van der Waals surface area (Å²) in [5.41, 5.74) is 10.6. The zero-order valence-electron chi connectivity index (χ0n) is 7.15. The van der Waals surface area contributed by atoms with E-state index in [9.17, 15) is 0 Å². The van der Waals surface area contributed by atoms with Crippen molar-refractivity contribution < 1.29 is 0 Å². The first-order valence-electron chi connectivity index (χ1n) is 3.68. The SMILES string of the molecule is NC(=S)Nc1cccc(NC(N)=S)n1. The van der Waals surface area contributed by atoms with E-state index in [-0.39, 0.29) is 10.2 Å². The summed E-state index contributed by atoms with van der Waals surface area (Å²) in [6.07, 6.45) is 0. The number of rotatable bonds is 2. The maximum atomic E-state index is 5.29. The number of nitrogens with zero attached hydrogens (tertiary/aromatic N) is 1. The molecule has 0 saturated heterocycles. The van der Waals surface area contributed by atoms with E-state index in [0.29, 0.717) is 11.6 Å². The number of thiocarbonyl (C=S) groups is 2. The molecule has 0 aliphatic heterocycles. The van der Waals surface area contributed by atoms with Crippen molar-refractivity contribution in [2.24, 2.45) is 11.5 Å². The number of anilines is 2. The van der Waals surface area contributed by atoms with Crippen LogP contribution >= 0.6 is 24.4 Å². The van der Waals surface area contributed by atoms with Gasteiger partial charge in [-0.15, -0.1) is 0 Å². The Balaban J connectivity index is 2.78. The predicted octanol–water partition coefficient (Wildman–Crippen LogP) is 0.393. The normalized spacial score (nSPS) is 9.14. The summed E-state index contributed by atoms with van der Waals surface area (Å²) in [5, 5.41) is 5.70. The van der Waals surface area contributed by atoms with Gasteiger partial charge < -0.3 is 22.1 Å². The summed E-state index contributed by atoms with van der Waals surface area (Å²) in [6, 6.07) is 5.22. The second-order valence-electron chi connectivity index (χ2n) is 2.39. The molecule has 5 nitrogen and oxygen atoms in total. The van der Waals surface area contributed by atoms with E-state index < -0.39 is 0 Å². The number of nitrogens with two attached hydrogens (primary N) is 2. The largest absolute Gasteiger partial charge is 0.376 e. The van der Waals surface area contributed by atoms with Crippen molar-refractivity contribution in [3.63, 3.8) is 0 Å². The molecule has 0 unspecified atom stereocenters. The molecule has 0 aliphatic rings. The van der Waals surface area contributed by atoms with Crippen molar-refractivity contribution >= 4 is 46.3 Å². The number of pyridine rings is 1. The highest BCUT2D eigenvalue weighted by Gasteiger charge is 1.98. The summed E-state index contributed by atoms with van der Waals surface area (Å²) < 4.78 is 0. The molecule has 0 fully saturated rings. The van der Waals surface area contributed by atoms with Crippen LogP contribution in [0.4, 0.5) is 11.6 Å². The lowest BCUT2D eigenvalue weighted by Crippen LogP contribution is -2.22. The quantitative estimate of drug-likeness (QED) is 0.544. The maximum Gasteiger partial charge on any atom is 0.169 e. The van der Waals surface area contributed by atoms with Gasteiger partial charge in [0.1, 0.15) is 11.6 Å². The van der Waals surface area contributed by atoms with Crippen LogP contribution in [0, 0.1) is 0 Å². The molecule has 0 spiro atoms. The molecule has 74 valence electrons. The van der Waals surface area contributed by atoms with Gasteiger partial charge in [0.25, 0.3) is 0 Å². The summed E-state index contributed by atoms with van der Waals surface area (Å²) in [4.78, 5) is 4.10. The van der Waals surface area contributed by atoms with Gasteiger partial charge in [0.2, 0.25) is 0 Å². The zero-order valence-corrected chi connectivity index (χ0v) is 8.78. The topological polar surface area (TPSA) is 89.0 Å². The van der Waals surface area contributed by atoms with Gasteiger partial charge >= 0.3 is 0 Å². The highest BCUT2D eigenvalue weighted by atomic mass is 32.1. The van der Waals surface area contributed by atoms with Crippen molar-refractivity contribution in [1.82, 2.24) is 4.98 Å². The van der Waals surface area contributed by atoms with Crippen molar-refractivity contribution in [2.45, 2.75) is 0 Å². The second-order valence-corrected chi connectivity index (χ2v) is 3.27. The predicted molar refractivity (Wildman–Crippen MR) is 65.1 cm³/mol. The average Bonchev–Trinajstić information content (AvgIpc) is 2.01. The van der Waals surface area contributed by atoms with Crippen LogP contribution < -0.4 is 22.1 Å². The molecule has 1 rings (SSSR count). The van der Waals surface area contributed by atoms with E-state index in [2.05, 4.69) is 40.1 Å². The third-order valence-corrected chi connectivity index (χ3v) is 1.46. The van der Waals surface area contributed by atoms with Gasteiger partial charge in [-0.25, -0.2) is 4.98 Å². The molecule has 0 radical (unpaired) electrons. The van der Waals surface area contributed by atoms with Gasteiger partial charge in [0.15, 0.2) is 10.2 Å². The Kier molecular flexibility index (Phi) is 3.55. The van der Waals surface area contributed by atoms with Gasteiger partial charge in [-0.3, -0.25) is 0 Å². The molecule has 1 aromatic rings. The molecular formula is C7H9N5S2. The van der Waals surface area contributed by atoms with Crippen LogP contribution in [0.1, 0.15) is 0 Å². The third-order valence-electron chi connectivity index (χ3n) is 1.25. The van der Waals surface area contributed by atoms with Crippen LogP contribution in [-0.2, 0) is 0 Å². The van der Waals surface area contributed by atoms with Gasteiger partial charge in [-0.1, -0.05) is 6.07 Å². The Labute approximate surface area is 91.9 Å². The Hall–Kier alpha value is -1.47. The molecule has 7 heteroatoms. The fourth-order valence-electron chi connectivity index (χ4n) is 0.826. The van der Waals surface area contributed by atoms with Crippen molar-refractivity contribution in [3.05, 3.63) is 18.2 Å². The minimum absolute atomic E-state index is 0.157. The Morgan fingerprint density at radius 2 is 1.50 bits per heavy atom. The van der Waals surface area contributed by atoms with E-state index in [4.69, 9.17) is 11.5 Å². The first-order chi connectivity index (χ1) is 6.58. The first kappa shape index (κ1) is 10.6. The number of aromatic nitrogens is 1. The number of nitrogens with one attached hydrogen (secondary N) is 2. The van der Waals surface area contributed by atoms with Gasteiger partial charge in [0.05, 0.1) is 0 Å².